The lowest BCUT2D eigenvalue weighted by Gasteiger charge is -2.55. The van der Waals surface area contributed by atoms with Crippen LogP contribution in [0, 0.1) is 5.82 Å². The molecule has 0 N–H and O–H groups in total. The molecule has 0 spiro atoms. The van der Waals surface area contributed by atoms with Gasteiger partial charge in [0.15, 0.2) is 5.82 Å². The number of hydrogen-bond acceptors (Lipinski definition) is 4. The largest absolute Gasteiger partial charge is 0.476 e. The predicted octanol–water partition coefficient (Wildman–Crippen LogP) is 1.51. The highest BCUT2D eigenvalue weighted by atomic mass is 19.1. The Morgan fingerprint density at radius 2 is 2.16 bits per heavy atom. The van der Waals surface area contributed by atoms with Crippen molar-refractivity contribution in [3.05, 3.63) is 23.6 Å². The molecule has 19 heavy (non-hydrogen) atoms. The molecule has 0 saturated carbocycles. The fraction of sp³-hybridized carbons (Fsp3) is 0.643. The Morgan fingerprint density at radius 3 is 2.79 bits per heavy atom. The van der Waals surface area contributed by atoms with Crippen LogP contribution in [-0.2, 0) is 6.54 Å². The SMILES string of the molecule is CCOc1ncc(CN2C3CC2CN(C)C3)cc1F. The lowest BCUT2D eigenvalue weighted by molar-refractivity contribution is -0.0669. The summed E-state index contributed by atoms with van der Waals surface area (Å²) in [4.78, 5) is 8.88. The van der Waals surface area contributed by atoms with Gasteiger partial charge in [-0.05, 0) is 32.0 Å². The van der Waals surface area contributed by atoms with E-state index in [9.17, 15) is 4.39 Å². The third kappa shape index (κ3) is 2.44. The Hall–Kier alpha value is -1.20. The molecule has 1 aromatic heterocycles. The van der Waals surface area contributed by atoms with Crippen molar-refractivity contribution in [3.63, 3.8) is 0 Å². The van der Waals surface area contributed by atoms with E-state index in [0.29, 0.717) is 18.7 Å². The van der Waals surface area contributed by atoms with Crippen molar-refractivity contribution < 1.29 is 9.13 Å². The number of nitrogens with zero attached hydrogens (tertiary/aromatic N) is 3. The van der Waals surface area contributed by atoms with Crippen molar-refractivity contribution >= 4 is 0 Å². The van der Waals surface area contributed by atoms with Crippen LogP contribution in [0.1, 0.15) is 18.9 Å². The minimum atomic E-state index is -0.359. The summed E-state index contributed by atoms with van der Waals surface area (Å²) in [5.74, 6) is -0.253. The molecule has 0 aliphatic carbocycles. The fourth-order valence-corrected chi connectivity index (χ4v) is 3.16. The van der Waals surface area contributed by atoms with E-state index in [-0.39, 0.29) is 11.7 Å². The molecule has 0 aromatic carbocycles. The molecule has 2 aliphatic rings. The number of halogens is 1. The van der Waals surface area contributed by atoms with Gasteiger partial charge in [-0.1, -0.05) is 0 Å². The highest BCUT2D eigenvalue weighted by molar-refractivity contribution is 5.21. The quantitative estimate of drug-likeness (QED) is 0.825. The highest BCUT2D eigenvalue weighted by Gasteiger charge is 2.43. The van der Waals surface area contributed by atoms with Gasteiger partial charge in [-0.3, -0.25) is 4.90 Å². The molecular formula is C14H20FN3O. The maximum absolute atomic E-state index is 13.7. The number of likely N-dealkylation sites (tertiary alicyclic amines) is 2. The first-order chi connectivity index (χ1) is 9.17. The number of pyridine rings is 1. The summed E-state index contributed by atoms with van der Waals surface area (Å²) >= 11 is 0. The second-order valence-electron chi connectivity index (χ2n) is 5.50. The van der Waals surface area contributed by atoms with E-state index < -0.39 is 0 Å². The Bertz CT molecular complexity index is 456. The summed E-state index contributed by atoms with van der Waals surface area (Å²) in [6.07, 6.45) is 3.00. The second-order valence-corrected chi connectivity index (χ2v) is 5.50. The van der Waals surface area contributed by atoms with Crippen LogP contribution >= 0.6 is 0 Å². The molecular weight excluding hydrogens is 245 g/mol. The normalized spacial score (nSPS) is 27.1. The maximum Gasteiger partial charge on any atom is 0.250 e. The summed E-state index contributed by atoms with van der Waals surface area (Å²) in [6, 6.07) is 2.80. The van der Waals surface area contributed by atoms with Crippen LogP contribution in [0.3, 0.4) is 0 Å². The molecule has 2 bridgehead atoms. The van der Waals surface area contributed by atoms with Gasteiger partial charge >= 0.3 is 0 Å². The third-order valence-corrected chi connectivity index (χ3v) is 4.04. The number of ether oxygens (including phenoxy) is 1. The van der Waals surface area contributed by atoms with Crippen molar-refractivity contribution in [2.75, 3.05) is 26.7 Å². The van der Waals surface area contributed by atoms with Crippen LogP contribution in [-0.4, -0.2) is 53.6 Å². The Balaban J connectivity index is 1.66. The third-order valence-electron chi connectivity index (χ3n) is 4.04. The van der Waals surface area contributed by atoms with E-state index in [1.54, 1.807) is 12.3 Å². The molecule has 2 aliphatic heterocycles. The zero-order valence-electron chi connectivity index (χ0n) is 11.5. The van der Waals surface area contributed by atoms with Gasteiger partial charge in [-0.15, -0.1) is 0 Å². The number of likely N-dealkylation sites (N-methyl/N-ethyl adjacent to an activating group) is 1. The second kappa shape index (κ2) is 5.06. The molecule has 104 valence electrons. The van der Waals surface area contributed by atoms with Crippen LogP contribution in [0.15, 0.2) is 12.3 Å². The van der Waals surface area contributed by atoms with Gasteiger partial charge in [0.25, 0.3) is 0 Å². The number of fused-ring (bicyclic) bond motifs is 2. The first kappa shape index (κ1) is 12.8. The maximum atomic E-state index is 13.7. The number of piperazine rings is 1. The van der Waals surface area contributed by atoms with Crippen LogP contribution in [0.5, 0.6) is 5.88 Å². The summed E-state index contributed by atoms with van der Waals surface area (Å²) < 4.78 is 18.9. The number of hydrogen-bond donors (Lipinski definition) is 0. The van der Waals surface area contributed by atoms with Crippen LogP contribution in [0.25, 0.3) is 0 Å². The highest BCUT2D eigenvalue weighted by Crippen LogP contribution is 2.33. The van der Waals surface area contributed by atoms with E-state index in [1.807, 2.05) is 6.92 Å². The molecule has 5 heteroatoms. The standard InChI is InChI=1S/C14H20FN3O/c1-3-19-14-13(15)4-10(6-16-14)7-18-11-5-12(18)9-17(2)8-11/h4,6,11-12H,3,5,7-9H2,1-2H3. The van der Waals surface area contributed by atoms with E-state index in [0.717, 1.165) is 25.2 Å². The van der Waals surface area contributed by atoms with Gasteiger partial charge in [0, 0.05) is 37.9 Å². The number of rotatable bonds is 4. The van der Waals surface area contributed by atoms with Gasteiger partial charge in [0.05, 0.1) is 6.61 Å². The first-order valence-electron chi connectivity index (χ1n) is 6.89. The van der Waals surface area contributed by atoms with Crippen LogP contribution in [0.2, 0.25) is 0 Å². The molecule has 3 rings (SSSR count). The van der Waals surface area contributed by atoms with E-state index in [2.05, 4.69) is 21.8 Å². The minimum absolute atomic E-state index is 0.106. The van der Waals surface area contributed by atoms with Crippen molar-refractivity contribution in [2.24, 2.45) is 0 Å². The van der Waals surface area contributed by atoms with Crippen molar-refractivity contribution in [1.82, 2.24) is 14.8 Å². The topological polar surface area (TPSA) is 28.6 Å². The van der Waals surface area contributed by atoms with E-state index >= 15 is 0 Å². The van der Waals surface area contributed by atoms with E-state index in [4.69, 9.17) is 4.74 Å². The molecule has 2 fully saturated rings. The Labute approximate surface area is 113 Å². The summed E-state index contributed by atoms with van der Waals surface area (Å²) in [7, 11) is 2.16. The summed E-state index contributed by atoms with van der Waals surface area (Å²) in [5.41, 5.74) is 0.931. The van der Waals surface area contributed by atoms with Gasteiger partial charge in [-0.25, -0.2) is 9.37 Å². The van der Waals surface area contributed by atoms with Crippen LogP contribution < -0.4 is 4.74 Å². The molecule has 4 nitrogen and oxygen atoms in total. The van der Waals surface area contributed by atoms with Crippen molar-refractivity contribution in [1.29, 1.82) is 0 Å². The summed E-state index contributed by atoms with van der Waals surface area (Å²) in [6.45, 7) is 5.28. The van der Waals surface area contributed by atoms with Gasteiger partial charge < -0.3 is 9.64 Å². The lowest BCUT2D eigenvalue weighted by atomic mass is 9.87. The van der Waals surface area contributed by atoms with Crippen LogP contribution in [0.4, 0.5) is 4.39 Å². The molecule has 0 radical (unpaired) electrons. The van der Waals surface area contributed by atoms with Gasteiger partial charge in [0.2, 0.25) is 5.88 Å². The minimum Gasteiger partial charge on any atom is -0.476 e. The van der Waals surface area contributed by atoms with Crippen molar-refractivity contribution in [2.45, 2.75) is 32.0 Å². The smallest absolute Gasteiger partial charge is 0.250 e. The fourth-order valence-electron chi connectivity index (χ4n) is 3.16. The molecule has 2 unspecified atom stereocenters. The monoisotopic (exact) mass is 265 g/mol. The first-order valence-corrected chi connectivity index (χ1v) is 6.89. The zero-order valence-corrected chi connectivity index (χ0v) is 11.5. The van der Waals surface area contributed by atoms with E-state index in [1.165, 1.54) is 6.42 Å². The lowest BCUT2D eigenvalue weighted by Crippen LogP contribution is -2.67. The molecule has 0 amide bonds. The predicted molar refractivity (Wildman–Crippen MR) is 70.6 cm³/mol. The zero-order chi connectivity index (χ0) is 13.4. The van der Waals surface area contributed by atoms with Crippen molar-refractivity contribution in [3.8, 4) is 5.88 Å². The average Bonchev–Trinajstić information content (AvgIpc) is 2.39. The van der Waals surface area contributed by atoms with Gasteiger partial charge in [0.1, 0.15) is 0 Å². The number of piperidine rings is 1. The Kier molecular flexibility index (Phi) is 3.41. The molecule has 2 atom stereocenters. The van der Waals surface area contributed by atoms with Gasteiger partial charge in [-0.2, -0.15) is 0 Å². The molecule has 2 saturated heterocycles. The average molecular weight is 265 g/mol. The summed E-state index contributed by atoms with van der Waals surface area (Å²) in [5, 5.41) is 0. The number of aromatic nitrogens is 1. The Morgan fingerprint density at radius 1 is 1.42 bits per heavy atom. The molecule has 1 aromatic rings. The molecule has 3 heterocycles.